The lowest BCUT2D eigenvalue weighted by atomic mass is 9.99. The normalized spacial score (nSPS) is 14.5. The lowest BCUT2D eigenvalue weighted by Crippen LogP contribution is -2.26. The van der Waals surface area contributed by atoms with E-state index in [0.717, 1.165) is 24.9 Å². The predicted octanol–water partition coefficient (Wildman–Crippen LogP) is 3.16. The SMILES string of the molecule is O=C(NCC1=CCCCC1)c1ccc(Cn2ccnc2)cc1. The van der Waals surface area contributed by atoms with Gasteiger partial charge in [0.2, 0.25) is 0 Å². The first-order chi connectivity index (χ1) is 10.8. The highest BCUT2D eigenvalue weighted by Gasteiger charge is 2.08. The molecule has 1 aliphatic rings. The number of hydrogen-bond acceptors (Lipinski definition) is 2. The minimum absolute atomic E-state index is 0.000606. The molecule has 114 valence electrons. The largest absolute Gasteiger partial charge is 0.348 e. The zero-order valence-electron chi connectivity index (χ0n) is 12.7. The Bertz CT molecular complexity index is 641. The van der Waals surface area contributed by atoms with Gasteiger partial charge in [-0.15, -0.1) is 0 Å². The Morgan fingerprint density at radius 3 is 2.77 bits per heavy atom. The smallest absolute Gasteiger partial charge is 0.251 e. The Labute approximate surface area is 130 Å². The van der Waals surface area contributed by atoms with Crippen LogP contribution in [0.3, 0.4) is 0 Å². The summed E-state index contributed by atoms with van der Waals surface area (Å²) in [6, 6.07) is 7.76. The van der Waals surface area contributed by atoms with E-state index in [-0.39, 0.29) is 5.91 Å². The number of imidazole rings is 1. The second kappa shape index (κ2) is 7.07. The fourth-order valence-electron chi connectivity index (χ4n) is 2.71. The van der Waals surface area contributed by atoms with E-state index in [1.807, 2.05) is 35.0 Å². The number of carbonyl (C=O) groups excluding carboxylic acids is 1. The van der Waals surface area contributed by atoms with Gasteiger partial charge in [-0.25, -0.2) is 4.98 Å². The van der Waals surface area contributed by atoms with E-state index in [1.54, 1.807) is 12.5 Å². The number of amides is 1. The van der Waals surface area contributed by atoms with Crippen LogP contribution < -0.4 is 5.32 Å². The first kappa shape index (κ1) is 14.6. The molecule has 1 heterocycles. The molecule has 0 fully saturated rings. The average molecular weight is 295 g/mol. The molecule has 4 heteroatoms. The first-order valence-electron chi connectivity index (χ1n) is 7.82. The van der Waals surface area contributed by atoms with Gasteiger partial charge < -0.3 is 9.88 Å². The van der Waals surface area contributed by atoms with Gasteiger partial charge in [0.15, 0.2) is 0 Å². The molecular formula is C18H21N3O. The summed E-state index contributed by atoms with van der Waals surface area (Å²) in [5.41, 5.74) is 3.23. The van der Waals surface area contributed by atoms with Gasteiger partial charge in [0, 0.05) is 31.0 Å². The molecule has 0 saturated carbocycles. The highest BCUT2D eigenvalue weighted by Crippen LogP contribution is 2.16. The van der Waals surface area contributed by atoms with Crippen LogP contribution in [-0.4, -0.2) is 22.0 Å². The molecule has 0 radical (unpaired) electrons. The van der Waals surface area contributed by atoms with Crippen molar-refractivity contribution in [3.63, 3.8) is 0 Å². The lowest BCUT2D eigenvalue weighted by molar-refractivity contribution is 0.0956. The van der Waals surface area contributed by atoms with Gasteiger partial charge in [-0.1, -0.05) is 23.8 Å². The first-order valence-corrected chi connectivity index (χ1v) is 7.82. The molecule has 2 aromatic rings. The maximum atomic E-state index is 12.2. The van der Waals surface area contributed by atoms with Crippen molar-refractivity contribution in [2.45, 2.75) is 32.2 Å². The summed E-state index contributed by atoms with van der Waals surface area (Å²) in [5, 5.41) is 3.01. The molecule has 0 spiro atoms. The lowest BCUT2D eigenvalue weighted by Gasteiger charge is -2.13. The summed E-state index contributed by atoms with van der Waals surface area (Å²) in [6.07, 6.45) is 12.5. The molecule has 1 aromatic carbocycles. The Kier molecular flexibility index (Phi) is 4.68. The molecule has 3 rings (SSSR count). The molecule has 0 atom stereocenters. The van der Waals surface area contributed by atoms with E-state index in [1.165, 1.54) is 18.4 Å². The van der Waals surface area contributed by atoms with Gasteiger partial charge in [-0.05, 0) is 43.4 Å². The standard InChI is InChI=1S/C18H21N3O/c22-18(20-12-15-4-2-1-3-5-15)17-8-6-16(7-9-17)13-21-11-10-19-14-21/h4,6-11,14H,1-3,5,12-13H2,(H,20,22). The average Bonchev–Trinajstić information content (AvgIpc) is 3.07. The van der Waals surface area contributed by atoms with Crippen molar-refractivity contribution in [2.24, 2.45) is 0 Å². The Hall–Kier alpha value is -2.36. The van der Waals surface area contributed by atoms with E-state index in [9.17, 15) is 4.79 Å². The molecule has 1 amide bonds. The van der Waals surface area contributed by atoms with Crippen LogP contribution in [0.15, 0.2) is 54.6 Å². The van der Waals surface area contributed by atoms with E-state index >= 15 is 0 Å². The number of nitrogens with zero attached hydrogens (tertiary/aromatic N) is 2. The van der Waals surface area contributed by atoms with Crippen LogP contribution in [0.25, 0.3) is 0 Å². The third-order valence-corrected chi connectivity index (χ3v) is 4.00. The molecule has 0 bridgehead atoms. The molecule has 0 unspecified atom stereocenters. The minimum Gasteiger partial charge on any atom is -0.348 e. The van der Waals surface area contributed by atoms with Gasteiger partial charge in [0.25, 0.3) is 5.91 Å². The van der Waals surface area contributed by atoms with Gasteiger partial charge in [0.1, 0.15) is 0 Å². The molecule has 1 N–H and O–H groups in total. The van der Waals surface area contributed by atoms with Crippen LogP contribution in [0.2, 0.25) is 0 Å². The zero-order valence-corrected chi connectivity index (χ0v) is 12.7. The van der Waals surface area contributed by atoms with Crippen molar-refractivity contribution in [1.29, 1.82) is 0 Å². The van der Waals surface area contributed by atoms with Crippen molar-refractivity contribution in [3.05, 3.63) is 65.8 Å². The maximum absolute atomic E-state index is 12.2. The Morgan fingerprint density at radius 1 is 1.23 bits per heavy atom. The van der Waals surface area contributed by atoms with E-state index in [4.69, 9.17) is 0 Å². The molecule has 22 heavy (non-hydrogen) atoms. The number of carbonyl (C=O) groups is 1. The van der Waals surface area contributed by atoms with Crippen molar-refractivity contribution in [1.82, 2.24) is 14.9 Å². The second-order valence-corrected chi connectivity index (χ2v) is 5.72. The summed E-state index contributed by atoms with van der Waals surface area (Å²) in [7, 11) is 0. The van der Waals surface area contributed by atoms with Crippen LogP contribution in [-0.2, 0) is 6.54 Å². The fraction of sp³-hybridized carbons (Fsp3) is 0.333. The fourth-order valence-corrected chi connectivity index (χ4v) is 2.71. The van der Waals surface area contributed by atoms with Crippen LogP contribution in [0.1, 0.15) is 41.6 Å². The van der Waals surface area contributed by atoms with E-state index in [0.29, 0.717) is 12.1 Å². The van der Waals surface area contributed by atoms with Crippen molar-refractivity contribution in [2.75, 3.05) is 6.54 Å². The zero-order chi connectivity index (χ0) is 15.2. The molecule has 1 aliphatic carbocycles. The number of aromatic nitrogens is 2. The third kappa shape index (κ3) is 3.85. The number of benzene rings is 1. The van der Waals surface area contributed by atoms with Crippen LogP contribution in [0.4, 0.5) is 0 Å². The quantitative estimate of drug-likeness (QED) is 0.861. The molecule has 4 nitrogen and oxygen atoms in total. The molecule has 0 saturated heterocycles. The monoisotopic (exact) mass is 295 g/mol. The second-order valence-electron chi connectivity index (χ2n) is 5.72. The highest BCUT2D eigenvalue weighted by atomic mass is 16.1. The van der Waals surface area contributed by atoms with Gasteiger partial charge in [-0.3, -0.25) is 4.79 Å². The van der Waals surface area contributed by atoms with E-state index in [2.05, 4.69) is 16.4 Å². The maximum Gasteiger partial charge on any atom is 0.251 e. The summed E-state index contributed by atoms with van der Waals surface area (Å²) in [5.74, 6) is 0.000606. The van der Waals surface area contributed by atoms with Crippen LogP contribution in [0.5, 0.6) is 0 Å². The molecule has 0 aliphatic heterocycles. The summed E-state index contributed by atoms with van der Waals surface area (Å²) < 4.78 is 2.00. The Balaban J connectivity index is 1.55. The van der Waals surface area contributed by atoms with Crippen molar-refractivity contribution in [3.8, 4) is 0 Å². The van der Waals surface area contributed by atoms with Crippen molar-refractivity contribution >= 4 is 5.91 Å². The summed E-state index contributed by atoms with van der Waals surface area (Å²) in [4.78, 5) is 16.2. The van der Waals surface area contributed by atoms with Gasteiger partial charge >= 0.3 is 0 Å². The number of rotatable bonds is 5. The predicted molar refractivity (Wildman–Crippen MR) is 86.7 cm³/mol. The van der Waals surface area contributed by atoms with Crippen LogP contribution >= 0.6 is 0 Å². The number of nitrogens with one attached hydrogen (secondary N) is 1. The topological polar surface area (TPSA) is 46.9 Å². The molecule has 1 aromatic heterocycles. The summed E-state index contributed by atoms with van der Waals surface area (Å²) in [6.45, 7) is 1.45. The highest BCUT2D eigenvalue weighted by molar-refractivity contribution is 5.94. The van der Waals surface area contributed by atoms with Crippen molar-refractivity contribution < 1.29 is 4.79 Å². The minimum atomic E-state index is 0.000606. The van der Waals surface area contributed by atoms with Gasteiger partial charge in [0.05, 0.1) is 6.33 Å². The van der Waals surface area contributed by atoms with Gasteiger partial charge in [-0.2, -0.15) is 0 Å². The number of allylic oxidation sites excluding steroid dienone is 1. The molecular weight excluding hydrogens is 274 g/mol. The summed E-state index contributed by atoms with van der Waals surface area (Å²) >= 11 is 0. The Morgan fingerprint density at radius 2 is 2.09 bits per heavy atom. The third-order valence-electron chi connectivity index (χ3n) is 4.00. The van der Waals surface area contributed by atoms with E-state index < -0.39 is 0 Å². The van der Waals surface area contributed by atoms with Crippen LogP contribution in [0, 0.1) is 0 Å². The number of hydrogen-bond donors (Lipinski definition) is 1.